The number of rotatable bonds is 6. The lowest BCUT2D eigenvalue weighted by atomic mass is 10.0. The lowest BCUT2D eigenvalue weighted by molar-refractivity contribution is 0.0428. The van der Waals surface area contributed by atoms with Crippen molar-refractivity contribution >= 4 is 5.96 Å². The number of hydrogen-bond acceptors (Lipinski definition) is 3. The number of furan rings is 1. The first-order valence-electron chi connectivity index (χ1n) is 7.16. The maximum absolute atomic E-state index is 10.4. The minimum atomic E-state index is -1.10. The highest BCUT2D eigenvalue weighted by molar-refractivity contribution is 5.79. The van der Waals surface area contributed by atoms with Crippen molar-refractivity contribution in [3.63, 3.8) is 0 Å². The van der Waals surface area contributed by atoms with Gasteiger partial charge in [-0.05, 0) is 38.8 Å². The van der Waals surface area contributed by atoms with Crippen LogP contribution in [0.4, 0.5) is 0 Å². The van der Waals surface area contributed by atoms with E-state index in [0.29, 0.717) is 17.6 Å². The summed E-state index contributed by atoms with van der Waals surface area (Å²) in [5.74, 6) is 2.57. The average Bonchev–Trinajstić information content (AvgIpc) is 2.80. The molecule has 0 radical (unpaired) electrons. The van der Waals surface area contributed by atoms with E-state index in [0.717, 1.165) is 18.8 Å². The van der Waals surface area contributed by atoms with Gasteiger partial charge in [-0.15, -0.1) is 0 Å². The van der Waals surface area contributed by atoms with E-state index in [2.05, 4.69) is 29.5 Å². The Labute approximate surface area is 121 Å². The van der Waals surface area contributed by atoms with E-state index in [4.69, 9.17) is 4.42 Å². The number of aryl methyl sites for hydroxylation is 1. The van der Waals surface area contributed by atoms with Crippen molar-refractivity contribution in [1.82, 2.24) is 10.6 Å². The number of aliphatic imine (C=N–C) groups is 1. The third kappa shape index (κ3) is 5.25. The Balaban J connectivity index is 2.69. The zero-order valence-corrected chi connectivity index (χ0v) is 13.2. The van der Waals surface area contributed by atoms with E-state index in [-0.39, 0.29) is 6.54 Å². The summed E-state index contributed by atoms with van der Waals surface area (Å²) < 4.78 is 5.48. The van der Waals surface area contributed by atoms with Crippen molar-refractivity contribution in [2.24, 2.45) is 10.9 Å². The number of nitrogens with one attached hydrogen (secondary N) is 2. The molecule has 5 heteroatoms. The molecular formula is C15H27N3O2. The molecule has 1 aromatic heterocycles. The predicted octanol–water partition coefficient (Wildman–Crippen LogP) is 2.01. The summed E-state index contributed by atoms with van der Waals surface area (Å²) in [6, 6.07) is 3.63. The molecule has 5 nitrogen and oxygen atoms in total. The minimum absolute atomic E-state index is 0.243. The highest BCUT2D eigenvalue weighted by atomic mass is 16.4. The molecule has 0 aliphatic carbocycles. The topological polar surface area (TPSA) is 69.8 Å². The van der Waals surface area contributed by atoms with Gasteiger partial charge in [0.15, 0.2) is 5.96 Å². The third-order valence-electron chi connectivity index (χ3n) is 2.84. The highest BCUT2D eigenvalue weighted by Gasteiger charge is 2.26. The molecule has 0 aliphatic rings. The first-order valence-corrected chi connectivity index (χ1v) is 7.16. The van der Waals surface area contributed by atoms with Crippen LogP contribution in [0.3, 0.4) is 0 Å². The molecule has 0 saturated carbocycles. The molecule has 20 heavy (non-hydrogen) atoms. The Bertz CT molecular complexity index is 436. The summed E-state index contributed by atoms with van der Waals surface area (Å²) in [6.07, 6.45) is 0. The Hall–Kier alpha value is -1.49. The fourth-order valence-electron chi connectivity index (χ4n) is 1.68. The first kappa shape index (κ1) is 16.6. The molecule has 0 spiro atoms. The standard InChI is InChI=1S/C15H27N3O2/c1-6-16-14(17-9-11(2)3)18-10-15(5,19)13-8-7-12(4)20-13/h7-8,11,19H,6,9-10H2,1-5H3,(H2,16,17,18). The fourth-order valence-corrected chi connectivity index (χ4v) is 1.68. The Morgan fingerprint density at radius 2 is 2.10 bits per heavy atom. The summed E-state index contributed by atoms with van der Waals surface area (Å²) in [7, 11) is 0. The summed E-state index contributed by atoms with van der Waals surface area (Å²) in [5, 5.41) is 16.8. The smallest absolute Gasteiger partial charge is 0.191 e. The van der Waals surface area contributed by atoms with Gasteiger partial charge in [-0.3, -0.25) is 0 Å². The van der Waals surface area contributed by atoms with Gasteiger partial charge in [-0.1, -0.05) is 13.8 Å². The predicted molar refractivity (Wildman–Crippen MR) is 81.8 cm³/mol. The molecule has 0 aromatic carbocycles. The van der Waals surface area contributed by atoms with Crippen LogP contribution >= 0.6 is 0 Å². The summed E-state index contributed by atoms with van der Waals surface area (Å²) in [6.45, 7) is 11.7. The zero-order valence-electron chi connectivity index (χ0n) is 13.2. The first-order chi connectivity index (χ1) is 9.35. The van der Waals surface area contributed by atoms with Gasteiger partial charge < -0.3 is 20.2 Å². The summed E-state index contributed by atoms with van der Waals surface area (Å²) >= 11 is 0. The second-order valence-corrected chi connectivity index (χ2v) is 5.65. The van der Waals surface area contributed by atoms with E-state index in [1.807, 2.05) is 19.9 Å². The molecule has 0 saturated heterocycles. The zero-order chi connectivity index (χ0) is 15.2. The molecule has 0 fully saturated rings. The van der Waals surface area contributed by atoms with Crippen molar-refractivity contribution in [2.75, 3.05) is 19.6 Å². The fraction of sp³-hybridized carbons (Fsp3) is 0.667. The Kier molecular flexibility index (Phi) is 6.07. The Morgan fingerprint density at radius 1 is 1.40 bits per heavy atom. The lowest BCUT2D eigenvalue weighted by Crippen LogP contribution is -2.40. The van der Waals surface area contributed by atoms with Crippen LogP contribution in [0.25, 0.3) is 0 Å². The van der Waals surface area contributed by atoms with Crippen molar-refractivity contribution in [1.29, 1.82) is 0 Å². The molecule has 1 heterocycles. The van der Waals surface area contributed by atoms with Gasteiger partial charge in [0.05, 0.1) is 6.54 Å². The second-order valence-electron chi connectivity index (χ2n) is 5.65. The van der Waals surface area contributed by atoms with Gasteiger partial charge in [0.1, 0.15) is 17.1 Å². The van der Waals surface area contributed by atoms with Crippen molar-refractivity contribution in [3.05, 3.63) is 23.7 Å². The Morgan fingerprint density at radius 3 is 2.60 bits per heavy atom. The summed E-state index contributed by atoms with van der Waals surface area (Å²) in [4.78, 5) is 4.43. The van der Waals surface area contributed by atoms with Crippen molar-refractivity contribution < 1.29 is 9.52 Å². The molecule has 3 N–H and O–H groups in total. The van der Waals surface area contributed by atoms with Gasteiger partial charge >= 0.3 is 0 Å². The number of nitrogens with zero attached hydrogens (tertiary/aromatic N) is 1. The van der Waals surface area contributed by atoms with Gasteiger partial charge in [-0.25, -0.2) is 4.99 Å². The van der Waals surface area contributed by atoms with Gasteiger partial charge in [0.2, 0.25) is 0 Å². The van der Waals surface area contributed by atoms with Crippen LogP contribution in [-0.4, -0.2) is 30.7 Å². The van der Waals surface area contributed by atoms with E-state index in [9.17, 15) is 5.11 Å². The molecule has 0 aliphatic heterocycles. The normalized spacial score (nSPS) is 15.2. The highest BCUT2D eigenvalue weighted by Crippen LogP contribution is 2.22. The minimum Gasteiger partial charge on any atom is -0.463 e. The average molecular weight is 281 g/mol. The van der Waals surface area contributed by atoms with E-state index < -0.39 is 5.60 Å². The molecule has 1 unspecified atom stereocenters. The lowest BCUT2D eigenvalue weighted by Gasteiger charge is -2.20. The molecule has 1 rings (SSSR count). The van der Waals surface area contributed by atoms with Gasteiger partial charge in [0.25, 0.3) is 0 Å². The SMILES string of the molecule is CCNC(=NCC(C)(O)c1ccc(C)o1)NCC(C)C. The maximum atomic E-state index is 10.4. The maximum Gasteiger partial charge on any atom is 0.191 e. The molecule has 1 aromatic rings. The van der Waals surface area contributed by atoms with Crippen LogP contribution in [0, 0.1) is 12.8 Å². The monoisotopic (exact) mass is 281 g/mol. The van der Waals surface area contributed by atoms with Crippen LogP contribution in [-0.2, 0) is 5.60 Å². The third-order valence-corrected chi connectivity index (χ3v) is 2.84. The number of hydrogen-bond donors (Lipinski definition) is 3. The van der Waals surface area contributed by atoms with Crippen LogP contribution < -0.4 is 10.6 Å². The van der Waals surface area contributed by atoms with Crippen molar-refractivity contribution in [2.45, 2.75) is 40.2 Å². The molecule has 0 amide bonds. The molecule has 1 atom stereocenters. The van der Waals surface area contributed by atoms with Crippen LogP contribution in [0.2, 0.25) is 0 Å². The van der Waals surface area contributed by atoms with E-state index >= 15 is 0 Å². The largest absolute Gasteiger partial charge is 0.463 e. The second kappa shape index (κ2) is 7.33. The quantitative estimate of drug-likeness (QED) is 0.551. The van der Waals surface area contributed by atoms with Crippen LogP contribution in [0.15, 0.2) is 21.5 Å². The van der Waals surface area contributed by atoms with E-state index in [1.165, 1.54) is 0 Å². The molecule has 0 bridgehead atoms. The number of guanidine groups is 1. The van der Waals surface area contributed by atoms with Crippen molar-refractivity contribution in [3.8, 4) is 0 Å². The van der Waals surface area contributed by atoms with Gasteiger partial charge in [0, 0.05) is 13.1 Å². The number of aliphatic hydroxyl groups is 1. The molecular weight excluding hydrogens is 254 g/mol. The van der Waals surface area contributed by atoms with Crippen LogP contribution in [0.5, 0.6) is 0 Å². The molecule has 114 valence electrons. The summed E-state index contributed by atoms with van der Waals surface area (Å²) in [5.41, 5.74) is -1.10. The van der Waals surface area contributed by atoms with Gasteiger partial charge in [-0.2, -0.15) is 0 Å². The van der Waals surface area contributed by atoms with Crippen LogP contribution in [0.1, 0.15) is 39.2 Å². The van der Waals surface area contributed by atoms with E-state index in [1.54, 1.807) is 13.0 Å².